The first kappa shape index (κ1) is 12.9. The second-order valence-corrected chi connectivity index (χ2v) is 6.78. The largest absolute Gasteiger partial charge is 0.334 e. The minimum absolute atomic E-state index is 0.126. The number of hydrogen-bond acceptors (Lipinski definition) is 2. The molecule has 0 bridgehead atoms. The molecule has 1 aromatic heterocycles. The molecule has 2 heterocycles. The average molecular weight is 336 g/mol. The first-order chi connectivity index (χ1) is 9.13. The van der Waals surface area contributed by atoms with Crippen LogP contribution in [0.2, 0.25) is 0 Å². The molecule has 98 valence electrons. The van der Waals surface area contributed by atoms with E-state index in [2.05, 4.69) is 27.4 Å². The van der Waals surface area contributed by atoms with Crippen LogP contribution in [0.5, 0.6) is 0 Å². The molecular weight excluding hydrogens is 322 g/mol. The number of carbonyl (C=O) groups is 1. The summed E-state index contributed by atoms with van der Waals surface area (Å²) < 4.78 is 0.962. The van der Waals surface area contributed by atoms with E-state index >= 15 is 0 Å². The van der Waals surface area contributed by atoms with Crippen LogP contribution in [0.4, 0.5) is 0 Å². The Kier molecular flexibility index (Phi) is 3.46. The third-order valence-electron chi connectivity index (χ3n) is 3.38. The fraction of sp³-hybridized carbons (Fsp3) is 0.267. The van der Waals surface area contributed by atoms with Gasteiger partial charge in [0.25, 0.3) is 5.91 Å². The molecule has 0 aliphatic carbocycles. The van der Waals surface area contributed by atoms with Gasteiger partial charge in [0.1, 0.15) is 0 Å². The molecule has 0 saturated carbocycles. The Bertz CT molecular complexity index is 615. The van der Waals surface area contributed by atoms with Crippen LogP contribution in [0.15, 0.2) is 34.1 Å². The van der Waals surface area contributed by atoms with E-state index in [9.17, 15) is 4.79 Å². The number of fused-ring (bicyclic) bond motifs is 1. The number of hydrogen-bond donors (Lipinski definition) is 0. The highest BCUT2D eigenvalue weighted by Crippen LogP contribution is 2.25. The average Bonchev–Trinajstić information content (AvgIpc) is 2.83. The molecule has 3 rings (SSSR count). The van der Waals surface area contributed by atoms with E-state index in [0.717, 1.165) is 35.1 Å². The molecule has 1 aliphatic heterocycles. The highest BCUT2D eigenvalue weighted by molar-refractivity contribution is 9.10. The van der Waals surface area contributed by atoms with Crippen molar-refractivity contribution in [3.63, 3.8) is 0 Å². The predicted octanol–water partition coefficient (Wildman–Crippen LogP) is 4.02. The van der Waals surface area contributed by atoms with Crippen molar-refractivity contribution in [2.45, 2.75) is 19.9 Å². The molecule has 0 radical (unpaired) electrons. The Labute approximate surface area is 125 Å². The zero-order valence-electron chi connectivity index (χ0n) is 10.6. The molecule has 19 heavy (non-hydrogen) atoms. The van der Waals surface area contributed by atoms with Crippen molar-refractivity contribution in [2.24, 2.45) is 0 Å². The minimum atomic E-state index is 0.126. The number of rotatable bonds is 1. The zero-order chi connectivity index (χ0) is 13.4. The van der Waals surface area contributed by atoms with Gasteiger partial charge in [-0.3, -0.25) is 4.79 Å². The van der Waals surface area contributed by atoms with Crippen LogP contribution in [0.1, 0.15) is 26.4 Å². The summed E-state index contributed by atoms with van der Waals surface area (Å²) >= 11 is 5.25. The van der Waals surface area contributed by atoms with Crippen molar-refractivity contribution >= 4 is 33.2 Å². The second-order valence-electron chi connectivity index (χ2n) is 4.86. The summed E-state index contributed by atoms with van der Waals surface area (Å²) in [5.74, 6) is 0.126. The lowest BCUT2D eigenvalue weighted by Crippen LogP contribution is -2.35. The number of thiophene rings is 1. The van der Waals surface area contributed by atoms with Crippen LogP contribution in [-0.4, -0.2) is 17.4 Å². The molecule has 4 heteroatoms. The van der Waals surface area contributed by atoms with E-state index < -0.39 is 0 Å². The standard InChI is InChI=1S/C15H14BrNOS/c1-10-6-12(8-13(16)7-10)15(18)17-4-2-14-11(9-17)3-5-19-14/h3,5-8H,2,4,9H2,1H3. The highest BCUT2D eigenvalue weighted by atomic mass is 79.9. The number of amides is 1. The SMILES string of the molecule is Cc1cc(Br)cc(C(=O)N2CCc3sccc3C2)c1. The summed E-state index contributed by atoms with van der Waals surface area (Å²) in [7, 11) is 0. The number of carbonyl (C=O) groups excluding carboxylic acids is 1. The number of nitrogens with zero attached hydrogens (tertiary/aromatic N) is 1. The van der Waals surface area contributed by atoms with Crippen molar-refractivity contribution < 1.29 is 4.79 Å². The Morgan fingerprint density at radius 3 is 3.00 bits per heavy atom. The van der Waals surface area contributed by atoms with E-state index in [4.69, 9.17) is 0 Å². The Balaban J connectivity index is 1.85. The summed E-state index contributed by atoms with van der Waals surface area (Å²) in [6.45, 7) is 3.57. The first-order valence-corrected chi connectivity index (χ1v) is 7.92. The summed E-state index contributed by atoms with van der Waals surface area (Å²) in [4.78, 5) is 15.9. The van der Waals surface area contributed by atoms with Crippen molar-refractivity contribution in [3.05, 3.63) is 55.7 Å². The van der Waals surface area contributed by atoms with E-state index in [1.54, 1.807) is 11.3 Å². The summed E-state index contributed by atoms with van der Waals surface area (Å²) in [6, 6.07) is 8.00. The van der Waals surface area contributed by atoms with Crippen molar-refractivity contribution in [1.82, 2.24) is 4.90 Å². The van der Waals surface area contributed by atoms with E-state index in [0.29, 0.717) is 0 Å². The molecule has 0 unspecified atom stereocenters. The first-order valence-electron chi connectivity index (χ1n) is 6.25. The topological polar surface area (TPSA) is 20.3 Å². The molecule has 0 atom stereocenters. The van der Waals surface area contributed by atoms with Gasteiger partial charge in [-0.2, -0.15) is 0 Å². The van der Waals surface area contributed by atoms with Gasteiger partial charge in [0.15, 0.2) is 0 Å². The quantitative estimate of drug-likeness (QED) is 0.770. The predicted molar refractivity (Wildman–Crippen MR) is 81.6 cm³/mol. The molecule has 2 nitrogen and oxygen atoms in total. The minimum Gasteiger partial charge on any atom is -0.334 e. The number of benzene rings is 1. The Morgan fingerprint density at radius 1 is 1.37 bits per heavy atom. The van der Waals surface area contributed by atoms with Gasteiger partial charge >= 0.3 is 0 Å². The maximum atomic E-state index is 12.5. The van der Waals surface area contributed by atoms with Gasteiger partial charge in [-0.1, -0.05) is 15.9 Å². The van der Waals surface area contributed by atoms with Gasteiger partial charge in [0.05, 0.1) is 0 Å². The zero-order valence-corrected chi connectivity index (χ0v) is 13.1. The molecular formula is C15H14BrNOS. The summed E-state index contributed by atoms with van der Waals surface area (Å²) in [6.07, 6.45) is 0.978. The Morgan fingerprint density at radius 2 is 2.21 bits per heavy atom. The summed E-state index contributed by atoms with van der Waals surface area (Å²) in [5.41, 5.74) is 3.17. The van der Waals surface area contributed by atoms with Crippen LogP contribution >= 0.6 is 27.3 Å². The molecule has 0 N–H and O–H groups in total. The second kappa shape index (κ2) is 5.10. The molecule has 0 spiro atoms. The molecule has 1 amide bonds. The van der Waals surface area contributed by atoms with Crippen molar-refractivity contribution in [2.75, 3.05) is 6.54 Å². The molecule has 2 aromatic rings. The van der Waals surface area contributed by atoms with Gasteiger partial charge in [-0.05, 0) is 54.1 Å². The van der Waals surface area contributed by atoms with Crippen molar-refractivity contribution in [3.8, 4) is 0 Å². The van der Waals surface area contributed by atoms with Crippen LogP contribution in [0, 0.1) is 6.92 Å². The van der Waals surface area contributed by atoms with Crippen LogP contribution in [0.3, 0.4) is 0 Å². The smallest absolute Gasteiger partial charge is 0.254 e. The number of halogens is 1. The highest BCUT2D eigenvalue weighted by Gasteiger charge is 2.22. The van der Waals surface area contributed by atoms with E-state index in [1.807, 2.05) is 30.0 Å². The molecule has 1 aliphatic rings. The van der Waals surface area contributed by atoms with Crippen LogP contribution in [0.25, 0.3) is 0 Å². The Hall–Kier alpha value is -1.13. The number of aryl methyl sites for hydroxylation is 1. The van der Waals surface area contributed by atoms with Gasteiger partial charge in [0.2, 0.25) is 0 Å². The van der Waals surface area contributed by atoms with Gasteiger partial charge < -0.3 is 4.90 Å². The van der Waals surface area contributed by atoms with Crippen LogP contribution < -0.4 is 0 Å². The van der Waals surface area contributed by atoms with Gasteiger partial charge in [-0.15, -0.1) is 11.3 Å². The fourth-order valence-electron chi connectivity index (χ4n) is 2.46. The van der Waals surface area contributed by atoms with Gasteiger partial charge in [0, 0.05) is 28.0 Å². The lowest BCUT2D eigenvalue weighted by atomic mass is 10.1. The lowest BCUT2D eigenvalue weighted by molar-refractivity contribution is 0.0735. The van der Waals surface area contributed by atoms with E-state index in [1.165, 1.54) is 10.4 Å². The normalized spacial score (nSPS) is 14.3. The monoisotopic (exact) mass is 335 g/mol. The molecule has 0 fully saturated rings. The van der Waals surface area contributed by atoms with Crippen molar-refractivity contribution in [1.29, 1.82) is 0 Å². The third-order valence-corrected chi connectivity index (χ3v) is 4.86. The molecule has 0 saturated heterocycles. The van der Waals surface area contributed by atoms with E-state index in [-0.39, 0.29) is 5.91 Å². The third kappa shape index (κ3) is 2.60. The van der Waals surface area contributed by atoms with Gasteiger partial charge in [-0.25, -0.2) is 0 Å². The lowest BCUT2D eigenvalue weighted by Gasteiger charge is -2.27. The van der Waals surface area contributed by atoms with Crippen LogP contribution in [-0.2, 0) is 13.0 Å². The maximum absolute atomic E-state index is 12.5. The summed E-state index contributed by atoms with van der Waals surface area (Å²) in [5, 5.41) is 2.11. The fourth-order valence-corrected chi connectivity index (χ4v) is 3.96. The maximum Gasteiger partial charge on any atom is 0.254 e. The molecule has 1 aromatic carbocycles.